The molecule has 1 fully saturated rings. The molecule has 1 heterocycles. The van der Waals surface area contributed by atoms with Gasteiger partial charge in [0.25, 0.3) is 0 Å². The van der Waals surface area contributed by atoms with E-state index in [9.17, 15) is 9.59 Å². The molecule has 1 saturated heterocycles. The van der Waals surface area contributed by atoms with Crippen LogP contribution in [0.15, 0.2) is 24.3 Å². The number of carbonyl (C=O) groups is 2. The molecule has 2 rings (SSSR count). The summed E-state index contributed by atoms with van der Waals surface area (Å²) in [5.74, 6) is -0.195. The molecule has 0 saturated carbocycles. The number of carbonyl (C=O) groups excluding carboxylic acids is 2. The number of rotatable bonds is 4. The smallest absolute Gasteiger partial charge is 0.242 e. The Balaban J connectivity index is 1.82. The van der Waals surface area contributed by atoms with Gasteiger partial charge in [0.1, 0.15) is 6.04 Å². The highest BCUT2D eigenvalue weighted by molar-refractivity contribution is 5.89. The van der Waals surface area contributed by atoms with E-state index >= 15 is 0 Å². The molecular formula is C14H17N2O2. The zero-order valence-electron chi connectivity index (χ0n) is 10.4. The second-order valence-electron chi connectivity index (χ2n) is 4.46. The van der Waals surface area contributed by atoms with Crippen LogP contribution in [0.5, 0.6) is 0 Å². The lowest BCUT2D eigenvalue weighted by atomic mass is 10.0. The fourth-order valence-corrected chi connectivity index (χ4v) is 2.00. The summed E-state index contributed by atoms with van der Waals surface area (Å²) >= 11 is 0. The third-order valence-corrected chi connectivity index (χ3v) is 3.08. The average molecular weight is 245 g/mol. The number of aryl methyl sites for hydroxylation is 1. The van der Waals surface area contributed by atoms with E-state index in [1.54, 1.807) is 0 Å². The van der Waals surface area contributed by atoms with Crippen molar-refractivity contribution in [3.63, 3.8) is 0 Å². The van der Waals surface area contributed by atoms with Gasteiger partial charge >= 0.3 is 0 Å². The predicted octanol–water partition coefficient (Wildman–Crippen LogP) is 0.942. The Hall–Kier alpha value is -1.84. The van der Waals surface area contributed by atoms with Crippen LogP contribution in [-0.4, -0.2) is 24.4 Å². The molecule has 2 amide bonds. The topological polar surface area (TPSA) is 58.2 Å². The highest BCUT2D eigenvalue weighted by Gasteiger charge is 2.25. The first-order valence-electron chi connectivity index (χ1n) is 6.13. The van der Waals surface area contributed by atoms with Crippen LogP contribution in [0.4, 0.5) is 0 Å². The van der Waals surface area contributed by atoms with Crippen LogP contribution in [0.25, 0.3) is 0 Å². The molecule has 4 heteroatoms. The largest absolute Gasteiger partial charge is 0.354 e. The Morgan fingerprint density at radius 3 is 2.94 bits per heavy atom. The molecule has 0 aromatic heterocycles. The Morgan fingerprint density at radius 2 is 2.28 bits per heavy atom. The molecule has 1 aromatic rings. The second kappa shape index (κ2) is 5.67. The van der Waals surface area contributed by atoms with Crippen LogP contribution in [0, 0.1) is 13.3 Å². The van der Waals surface area contributed by atoms with Crippen molar-refractivity contribution in [1.29, 1.82) is 0 Å². The van der Waals surface area contributed by atoms with E-state index in [4.69, 9.17) is 0 Å². The zero-order valence-corrected chi connectivity index (χ0v) is 10.4. The van der Waals surface area contributed by atoms with E-state index in [2.05, 4.69) is 10.6 Å². The van der Waals surface area contributed by atoms with Crippen molar-refractivity contribution < 1.29 is 9.59 Å². The quantitative estimate of drug-likeness (QED) is 0.829. The predicted molar refractivity (Wildman–Crippen MR) is 68.8 cm³/mol. The summed E-state index contributed by atoms with van der Waals surface area (Å²) in [6.07, 6.45) is 2.86. The SMILES string of the molecule is Cc1ccccc1[CH]CC(=O)N[C@H]1CCNC1=O. The molecule has 0 spiro atoms. The van der Waals surface area contributed by atoms with E-state index in [1.165, 1.54) is 0 Å². The van der Waals surface area contributed by atoms with Gasteiger partial charge in [0.15, 0.2) is 0 Å². The highest BCUT2D eigenvalue weighted by atomic mass is 16.2. The maximum Gasteiger partial charge on any atom is 0.242 e. The van der Waals surface area contributed by atoms with Crippen molar-refractivity contribution in [2.24, 2.45) is 0 Å². The Labute approximate surface area is 107 Å². The zero-order chi connectivity index (χ0) is 13.0. The Morgan fingerprint density at radius 1 is 1.50 bits per heavy atom. The van der Waals surface area contributed by atoms with Gasteiger partial charge in [0, 0.05) is 19.4 Å². The molecule has 1 radical (unpaired) electrons. The van der Waals surface area contributed by atoms with E-state index in [0.717, 1.165) is 11.1 Å². The maximum atomic E-state index is 11.7. The van der Waals surface area contributed by atoms with Crippen molar-refractivity contribution in [2.45, 2.75) is 25.8 Å². The summed E-state index contributed by atoms with van der Waals surface area (Å²) in [5.41, 5.74) is 2.20. The lowest BCUT2D eigenvalue weighted by molar-refractivity contribution is -0.127. The first kappa shape index (κ1) is 12.6. The summed E-state index contributed by atoms with van der Waals surface area (Å²) < 4.78 is 0. The fraction of sp³-hybridized carbons (Fsp3) is 0.357. The molecule has 0 aliphatic carbocycles. The third-order valence-electron chi connectivity index (χ3n) is 3.08. The molecule has 1 aliphatic rings. The van der Waals surface area contributed by atoms with Gasteiger partial charge < -0.3 is 10.6 Å². The number of hydrogen-bond acceptors (Lipinski definition) is 2. The first-order valence-corrected chi connectivity index (χ1v) is 6.13. The van der Waals surface area contributed by atoms with Gasteiger partial charge in [0.05, 0.1) is 0 Å². The minimum absolute atomic E-state index is 0.0840. The van der Waals surface area contributed by atoms with Crippen LogP contribution in [0.1, 0.15) is 24.0 Å². The Kier molecular flexibility index (Phi) is 3.97. The molecule has 18 heavy (non-hydrogen) atoms. The van der Waals surface area contributed by atoms with Gasteiger partial charge in [-0.1, -0.05) is 24.3 Å². The lowest BCUT2D eigenvalue weighted by Gasteiger charge is -2.10. The number of nitrogens with one attached hydrogen (secondary N) is 2. The minimum atomic E-state index is -0.359. The van der Waals surface area contributed by atoms with E-state index in [1.807, 2.05) is 37.6 Å². The van der Waals surface area contributed by atoms with Crippen LogP contribution in [0.3, 0.4) is 0 Å². The van der Waals surface area contributed by atoms with Crippen molar-refractivity contribution in [3.05, 3.63) is 41.8 Å². The number of hydrogen-bond donors (Lipinski definition) is 2. The van der Waals surface area contributed by atoms with Crippen molar-refractivity contribution in [2.75, 3.05) is 6.54 Å². The second-order valence-corrected chi connectivity index (χ2v) is 4.46. The molecule has 95 valence electrons. The van der Waals surface area contributed by atoms with Crippen LogP contribution in [-0.2, 0) is 9.59 Å². The summed E-state index contributed by atoms with van der Waals surface area (Å²) in [4.78, 5) is 23.0. The molecule has 4 nitrogen and oxygen atoms in total. The van der Waals surface area contributed by atoms with Crippen LogP contribution < -0.4 is 10.6 Å². The van der Waals surface area contributed by atoms with Gasteiger partial charge in [-0.3, -0.25) is 9.59 Å². The third kappa shape index (κ3) is 3.09. The van der Waals surface area contributed by atoms with Crippen molar-refractivity contribution >= 4 is 11.8 Å². The Bertz CT molecular complexity index is 457. The number of benzene rings is 1. The van der Waals surface area contributed by atoms with Crippen LogP contribution >= 0.6 is 0 Å². The first-order chi connectivity index (χ1) is 8.66. The normalized spacial score (nSPS) is 18.5. The van der Waals surface area contributed by atoms with Gasteiger partial charge in [0.2, 0.25) is 11.8 Å². The monoisotopic (exact) mass is 245 g/mol. The maximum absolute atomic E-state index is 11.7. The van der Waals surface area contributed by atoms with E-state index < -0.39 is 0 Å². The van der Waals surface area contributed by atoms with Gasteiger partial charge in [-0.2, -0.15) is 0 Å². The lowest BCUT2D eigenvalue weighted by Crippen LogP contribution is -2.40. The fourth-order valence-electron chi connectivity index (χ4n) is 2.00. The standard InChI is InChI=1S/C14H17N2O2/c1-10-4-2-3-5-11(10)6-7-13(17)16-12-8-9-15-14(12)18/h2-6,12H,7-9H2,1H3,(H,15,18)(H,16,17)/t12-/m0/s1. The molecule has 0 unspecified atom stereocenters. The van der Waals surface area contributed by atoms with Crippen molar-refractivity contribution in [1.82, 2.24) is 10.6 Å². The van der Waals surface area contributed by atoms with E-state index in [0.29, 0.717) is 19.4 Å². The average Bonchev–Trinajstić information content (AvgIpc) is 2.74. The summed E-state index contributed by atoms with van der Waals surface area (Å²) in [6.45, 7) is 2.65. The molecule has 1 aromatic carbocycles. The highest BCUT2D eigenvalue weighted by Crippen LogP contribution is 2.11. The van der Waals surface area contributed by atoms with Gasteiger partial charge in [-0.05, 0) is 24.5 Å². The summed E-state index contributed by atoms with van der Waals surface area (Å²) in [6, 6.07) is 7.54. The number of amides is 2. The van der Waals surface area contributed by atoms with E-state index in [-0.39, 0.29) is 17.9 Å². The van der Waals surface area contributed by atoms with Crippen molar-refractivity contribution in [3.8, 4) is 0 Å². The molecule has 2 N–H and O–H groups in total. The minimum Gasteiger partial charge on any atom is -0.354 e. The molecular weight excluding hydrogens is 228 g/mol. The molecule has 1 atom stereocenters. The summed E-state index contributed by atoms with van der Waals surface area (Å²) in [5, 5.41) is 5.43. The molecule has 0 bridgehead atoms. The van der Waals surface area contributed by atoms with Gasteiger partial charge in [-0.15, -0.1) is 0 Å². The van der Waals surface area contributed by atoms with Gasteiger partial charge in [-0.25, -0.2) is 0 Å². The summed E-state index contributed by atoms with van der Waals surface area (Å²) in [7, 11) is 0. The van der Waals surface area contributed by atoms with Crippen LogP contribution in [0.2, 0.25) is 0 Å². The molecule has 1 aliphatic heterocycles.